The Kier molecular flexibility index (Phi) is 6.10. The maximum Gasteiger partial charge on any atom is 0.322 e. The fourth-order valence-electron chi connectivity index (χ4n) is 4.81. The SMILES string of the molecule is Cc1cnc(N2CCN(C(=O)c3ccc(C4(CC(C)C)NC(=O)NC4=O)cc3)CC2)c(C)c1. The second-order valence-electron chi connectivity index (χ2n) is 9.42. The standard InChI is InChI=1S/C25H31N5O3/c1-16(2)14-25(23(32)27-24(33)28-25)20-7-5-19(6-8-20)22(31)30-11-9-29(10-12-30)21-18(4)13-17(3)15-26-21/h5-8,13,15-16H,9-12,14H2,1-4H3,(H2,27,28,32,33). The number of hydrogen-bond acceptors (Lipinski definition) is 5. The number of carbonyl (C=O) groups excluding carboxylic acids is 3. The van der Waals surface area contributed by atoms with Crippen LogP contribution >= 0.6 is 0 Å². The number of nitrogens with zero attached hydrogens (tertiary/aromatic N) is 3. The van der Waals surface area contributed by atoms with Crippen LogP contribution < -0.4 is 15.5 Å². The van der Waals surface area contributed by atoms with E-state index < -0.39 is 11.6 Å². The Balaban J connectivity index is 1.46. The minimum absolute atomic E-state index is 0.0346. The zero-order valence-corrected chi connectivity index (χ0v) is 19.6. The summed E-state index contributed by atoms with van der Waals surface area (Å²) in [7, 11) is 0. The number of rotatable bonds is 5. The minimum Gasteiger partial charge on any atom is -0.353 e. The van der Waals surface area contributed by atoms with Crippen molar-refractivity contribution < 1.29 is 14.4 Å². The number of pyridine rings is 1. The monoisotopic (exact) mass is 449 g/mol. The van der Waals surface area contributed by atoms with E-state index in [0.29, 0.717) is 30.6 Å². The van der Waals surface area contributed by atoms with Gasteiger partial charge >= 0.3 is 6.03 Å². The van der Waals surface area contributed by atoms with Gasteiger partial charge in [-0.25, -0.2) is 9.78 Å². The summed E-state index contributed by atoms with van der Waals surface area (Å²) in [6.07, 6.45) is 2.35. The molecule has 0 bridgehead atoms. The van der Waals surface area contributed by atoms with Gasteiger partial charge in [0.05, 0.1) is 0 Å². The van der Waals surface area contributed by atoms with Crippen molar-refractivity contribution in [3.63, 3.8) is 0 Å². The number of amides is 4. The molecular formula is C25H31N5O3. The van der Waals surface area contributed by atoms with Crippen molar-refractivity contribution in [2.75, 3.05) is 31.1 Å². The highest BCUT2D eigenvalue weighted by Gasteiger charge is 2.47. The van der Waals surface area contributed by atoms with Crippen LogP contribution in [0.4, 0.5) is 10.6 Å². The molecule has 2 aliphatic rings. The van der Waals surface area contributed by atoms with Gasteiger partial charge in [0, 0.05) is 37.9 Å². The van der Waals surface area contributed by atoms with Crippen molar-refractivity contribution >= 4 is 23.7 Å². The third-order valence-corrected chi connectivity index (χ3v) is 6.33. The van der Waals surface area contributed by atoms with Crippen molar-refractivity contribution in [1.29, 1.82) is 0 Å². The Hall–Kier alpha value is -3.42. The number of anilines is 1. The number of hydrogen-bond donors (Lipinski definition) is 2. The molecule has 0 spiro atoms. The number of benzene rings is 1. The predicted octanol–water partition coefficient (Wildman–Crippen LogP) is 2.74. The van der Waals surface area contributed by atoms with E-state index in [9.17, 15) is 14.4 Å². The molecule has 8 nitrogen and oxygen atoms in total. The van der Waals surface area contributed by atoms with Crippen LogP contribution in [0, 0.1) is 19.8 Å². The number of carbonyl (C=O) groups is 3. The molecule has 2 fully saturated rings. The summed E-state index contributed by atoms with van der Waals surface area (Å²) in [5.41, 5.74) is 2.43. The summed E-state index contributed by atoms with van der Waals surface area (Å²) >= 11 is 0. The highest BCUT2D eigenvalue weighted by molar-refractivity contribution is 6.07. The first-order valence-electron chi connectivity index (χ1n) is 11.4. The first kappa shape index (κ1) is 22.8. The molecular weight excluding hydrogens is 418 g/mol. The van der Waals surface area contributed by atoms with Crippen LogP contribution in [0.3, 0.4) is 0 Å². The Labute approximate surface area is 194 Å². The van der Waals surface area contributed by atoms with Crippen LogP contribution in [0.1, 0.15) is 47.3 Å². The number of aromatic nitrogens is 1. The lowest BCUT2D eigenvalue weighted by molar-refractivity contribution is -0.124. The van der Waals surface area contributed by atoms with E-state index >= 15 is 0 Å². The van der Waals surface area contributed by atoms with E-state index in [1.54, 1.807) is 24.3 Å². The second kappa shape index (κ2) is 8.84. The van der Waals surface area contributed by atoms with Gasteiger partial charge in [-0.2, -0.15) is 0 Å². The average molecular weight is 450 g/mol. The van der Waals surface area contributed by atoms with Crippen LogP contribution in [0.25, 0.3) is 0 Å². The average Bonchev–Trinajstić information content (AvgIpc) is 3.06. The van der Waals surface area contributed by atoms with Crippen molar-refractivity contribution in [2.45, 2.75) is 39.7 Å². The first-order chi connectivity index (χ1) is 15.7. The van der Waals surface area contributed by atoms with Gasteiger partial charge in [-0.1, -0.05) is 32.0 Å². The fourth-order valence-corrected chi connectivity index (χ4v) is 4.81. The minimum atomic E-state index is -1.10. The topological polar surface area (TPSA) is 94.6 Å². The van der Waals surface area contributed by atoms with E-state index in [0.717, 1.165) is 30.0 Å². The molecule has 4 rings (SSSR count). The Morgan fingerprint density at radius 3 is 2.30 bits per heavy atom. The van der Waals surface area contributed by atoms with Crippen LogP contribution in [0.5, 0.6) is 0 Å². The van der Waals surface area contributed by atoms with Gasteiger partial charge in [0.1, 0.15) is 11.4 Å². The molecule has 1 unspecified atom stereocenters. The van der Waals surface area contributed by atoms with E-state index in [2.05, 4.69) is 33.5 Å². The summed E-state index contributed by atoms with van der Waals surface area (Å²) in [6.45, 7) is 10.8. The predicted molar refractivity (Wildman–Crippen MR) is 126 cm³/mol. The third-order valence-electron chi connectivity index (χ3n) is 6.33. The summed E-state index contributed by atoms with van der Waals surface area (Å²) in [4.78, 5) is 46.2. The van der Waals surface area contributed by atoms with Crippen LogP contribution in [0.15, 0.2) is 36.5 Å². The molecule has 33 heavy (non-hydrogen) atoms. The largest absolute Gasteiger partial charge is 0.353 e. The number of urea groups is 1. The van der Waals surface area contributed by atoms with Crippen LogP contribution in [0.2, 0.25) is 0 Å². The van der Waals surface area contributed by atoms with Crippen molar-refractivity contribution in [3.05, 3.63) is 58.8 Å². The molecule has 174 valence electrons. The number of piperazine rings is 1. The lowest BCUT2D eigenvalue weighted by atomic mass is 9.82. The number of nitrogens with one attached hydrogen (secondary N) is 2. The molecule has 0 radical (unpaired) electrons. The van der Waals surface area contributed by atoms with Gasteiger partial charge in [0.25, 0.3) is 11.8 Å². The van der Waals surface area contributed by atoms with Crippen LogP contribution in [-0.2, 0) is 10.3 Å². The van der Waals surface area contributed by atoms with E-state index in [1.807, 2.05) is 31.9 Å². The van der Waals surface area contributed by atoms with Gasteiger partial charge in [0.2, 0.25) is 0 Å². The lowest BCUT2D eigenvalue weighted by Gasteiger charge is -2.36. The molecule has 1 atom stereocenters. The Morgan fingerprint density at radius 1 is 1.09 bits per heavy atom. The Bertz CT molecular complexity index is 1070. The molecule has 2 N–H and O–H groups in total. The molecule has 2 aliphatic heterocycles. The van der Waals surface area contributed by atoms with Gasteiger partial charge in [-0.05, 0) is 55.0 Å². The fraction of sp³-hybridized carbons (Fsp3) is 0.440. The Morgan fingerprint density at radius 2 is 1.76 bits per heavy atom. The van der Waals surface area contributed by atoms with Crippen molar-refractivity contribution in [3.8, 4) is 0 Å². The number of aryl methyl sites for hydroxylation is 2. The lowest BCUT2D eigenvalue weighted by Crippen LogP contribution is -2.49. The molecule has 0 aliphatic carbocycles. The van der Waals surface area contributed by atoms with Gasteiger partial charge < -0.3 is 15.1 Å². The summed E-state index contributed by atoms with van der Waals surface area (Å²) in [5.74, 6) is 0.784. The molecule has 1 aromatic carbocycles. The molecule has 3 heterocycles. The maximum atomic E-state index is 13.1. The van der Waals surface area contributed by atoms with Crippen molar-refractivity contribution in [1.82, 2.24) is 20.5 Å². The van der Waals surface area contributed by atoms with Gasteiger partial charge in [-0.15, -0.1) is 0 Å². The van der Waals surface area contributed by atoms with Crippen LogP contribution in [-0.4, -0.2) is 53.9 Å². The van der Waals surface area contributed by atoms with Crippen molar-refractivity contribution in [2.24, 2.45) is 5.92 Å². The first-order valence-corrected chi connectivity index (χ1v) is 11.4. The maximum absolute atomic E-state index is 13.1. The highest BCUT2D eigenvalue weighted by atomic mass is 16.2. The molecule has 1 aromatic heterocycles. The normalized spacial score (nSPS) is 20.8. The quantitative estimate of drug-likeness (QED) is 0.685. The smallest absolute Gasteiger partial charge is 0.322 e. The van der Waals surface area contributed by atoms with E-state index in [1.165, 1.54) is 0 Å². The zero-order valence-electron chi connectivity index (χ0n) is 19.6. The zero-order chi connectivity index (χ0) is 23.8. The summed E-state index contributed by atoms with van der Waals surface area (Å²) in [5, 5.41) is 5.15. The van der Waals surface area contributed by atoms with Gasteiger partial charge in [-0.3, -0.25) is 14.9 Å². The third kappa shape index (κ3) is 4.42. The van der Waals surface area contributed by atoms with E-state index in [-0.39, 0.29) is 17.7 Å². The molecule has 4 amide bonds. The summed E-state index contributed by atoms with van der Waals surface area (Å²) in [6, 6.07) is 8.68. The molecule has 8 heteroatoms. The molecule has 2 aromatic rings. The summed E-state index contributed by atoms with van der Waals surface area (Å²) < 4.78 is 0. The second-order valence-corrected chi connectivity index (χ2v) is 9.42. The highest BCUT2D eigenvalue weighted by Crippen LogP contribution is 2.32. The van der Waals surface area contributed by atoms with Gasteiger partial charge in [0.15, 0.2) is 0 Å². The molecule has 0 saturated carbocycles. The van der Waals surface area contributed by atoms with E-state index in [4.69, 9.17) is 0 Å². The molecule has 2 saturated heterocycles. The number of imide groups is 1.